The Morgan fingerprint density at radius 3 is 2.45 bits per heavy atom. The molecule has 110 valence electrons. The number of benzene rings is 1. The second kappa shape index (κ2) is 6.81. The van der Waals surface area contributed by atoms with E-state index in [4.69, 9.17) is 0 Å². The van der Waals surface area contributed by atoms with E-state index in [1.807, 2.05) is 0 Å². The summed E-state index contributed by atoms with van der Waals surface area (Å²) in [6.07, 6.45) is 3.81. The fourth-order valence-corrected chi connectivity index (χ4v) is 2.78. The Hall–Kier alpha value is -1.46. The molecule has 1 aliphatic carbocycles. The molecule has 2 rings (SSSR count). The number of non-ortho nitro benzene ring substituents is 1. The first-order valence-corrected chi connectivity index (χ1v) is 7.21. The second-order valence-corrected chi connectivity index (χ2v) is 5.66. The number of nitro groups is 1. The smallest absolute Gasteiger partial charge is 0.269 e. The highest BCUT2D eigenvalue weighted by atomic mass is 16.6. The van der Waals surface area contributed by atoms with Crippen molar-refractivity contribution in [3.8, 4) is 0 Å². The van der Waals surface area contributed by atoms with Gasteiger partial charge in [0.05, 0.1) is 11.0 Å². The fourth-order valence-electron chi connectivity index (χ4n) is 2.78. The molecule has 0 spiro atoms. The number of rotatable bonds is 5. The molecule has 5 heteroatoms. The van der Waals surface area contributed by atoms with Crippen molar-refractivity contribution in [2.24, 2.45) is 5.92 Å². The van der Waals surface area contributed by atoms with Gasteiger partial charge in [-0.25, -0.2) is 0 Å². The molecular formula is C15H22N2O3. The summed E-state index contributed by atoms with van der Waals surface area (Å²) in [7, 11) is 0. The highest BCUT2D eigenvalue weighted by molar-refractivity contribution is 5.32. The van der Waals surface area contributed by atoms with Crippen LogP contribution in [0.15, 0.2) is 24.3 Å². The maximum Gasteiger partial charge on any atom is 0.269 e. The van der Waals surface area contributed by atoms with Gasteiger partial charge in [0.2, 0.25) is 0 Å². The van der Waals surface area contributed by atoms with Crippen LogP contribution in [0.1, 0.15) is 38.2 Å². The predicted octanol–water partition coefficient (Wildman–Crippen LogP) is 2.62. The zero-order valence-electron chi connectivity index (χ0n) is 11.8. The summed E-state index contributed by atoms with van der Waals surface area (Å²) in [5, 5.41) is 23.6. The molecule has 5 nitrogen and oxygen atoms in total. The second-order valence-electron chi connectivity index (χ2n) is 5.66. The van der Waals surface area contributed by atoms with Gasteiger partial charge >= 0.3 is 0 Å². The van der Waals surface area contributed by atoms with E-state index in [1.54, 1.807) is 24.3 Å². The van der Waals surface area contributed by atoms with Crippen LogP contribution in [-0.4, -0.2) is 22.2 Å². The van der Waals surface area contributed by atoms with Gasteiger partial charge in [-0.15, -0.1) is 0 Å². The molecule has 1 unspecified atom stereocenters. The molecule has 2 N–H and O–H groups in total. The average molecular weight is 278 g/mol. The van der Waals surface area contributed by atoms with Gasteiger partial charge in [0.25, 0.3) is 5.69 Å². The number of aliphatic hydroxyl groups excluding tert-OH is 1. The van der Waals surface area contributed by atoms with E-state index in [0.29, 0.717) is 12.0 Å². The highest BCUT2D eigenvalue weighted by Gasteiger charge is 2.23. The maximum absolute atomic E-state index is 10.6. The zero-order valence-corrected chi connectivity index (χ0v) is 11.8. The van der Waals surface area contributed by atoms with Crippen molar-refractivity contribution in [1.29, 1.82) is 0 Å². The Morgan fingerprint density at radius 2 is 1.90 bits per heavy atom. The molecule has 1 aromatic rings. The Morgan fingerprint density at radius 1 is 1.30 bits per heavy atom. The minimum atomic E-state index is -0.382. The maximum atomic E-state index is 10.6. The number of hydrogen-bond donors (Lipinski definition) is 2. The number of aliphatic hydroxyl groups is 1. The van der Waals surface area contributed by atoms with Crippen molar-refractivity contribution in [2.75, 3.05) is 0 Å². The SMILES string of the molecule is CC(NCc1ccc([N+](=O)[O-])cc1)C1CCC(O)CC1. The standard InChI is InChI=1S/C15H22N2O3/c1-11(13-4-8-15(18)9-5-13)16-10-12-2-6-14(7-3-12)17(19)20/h2-3,6-7,11,13,15-16,18H,4-5,8-10H2,1H3. The largest absolute Gasteiger partial charge is 0.393 e. The van der Waals surface area contributed by atoms with Crippen molar-refractivity contribution in [1.82, 2.24) is 5.32 Å². The summed E-state index contributed by atoms with van der Waals surface area (Å²) < 4.78 is 0. The summed E-state index contributed by atoms with van der Waals surface area (Å²) in [6.45, 7) is 2.89. The normalized spacial score (nSPS) is 24.3. The van der Waals surface area contributed by atoms with Crippen LogP contribution in [0.3, 0.4) is 0 Å². The minimum Gasteiger partial charge on any atom is -0.393 e. The average Bonchev–Trinajstić information content (AvgIpc) is 2.46. The quantitative estimate of drug-likeness (QED) is 0.641. The van der Waals surface area contributed by atoms with Crippen molar-refractivity contribution in [3.63, 3.8) is 0 Å². The molecule has 0 radical (unpaired) electrons. The number of nitrogens with zero attached hydrogens (tertiary/aromatic N) is 1. The molecule has 1 atom stereocenters. The molecule has 0 heterocycles. The molecule has 1 aromatic carbocycles. The van der Waals surface area contributed by atoms with Crippen LogP contribution in [0.25, 0.3) is 0 Å². The van der Waals surface area contributed by atoms with Gasteiger partial charge in [0.15, 0.2) is 0 Å². The van der Waals surface area contributed by atoms with Crippen molar-refractivity contribution < 1.29 is 10.0 Å². The van der Waals surface area contributed by atoms with Crippen molar-refractivity contribution in [3.05, 3.63) is 39.9 Å². The molecule has 20 heavy (non-hydrogen) atoms. The van der Waals surface area contributed by atoms with E-state index in [0.717, 1.165) is 37.8 Å². The number of hydrogen-bond acceptors (Lipinski definition) is 4. The molecule has 0 amide bonds. The zero-order chi connectivity index (χ0) is 14.5. The summed E-state index contributed by atoms with van der Waals surface area (Å²) >= 11 is 0. The van der Waals surface area contributed by atoms with Crippen molar-refractivity contribution >= 4 is 5.69 Å². The van der Waals surface area contributed by atoms with Gasteiger partial charge in [0.1, 0.15) is 0 Å². The Balaban J connectivity index is 1.80. The van der Waals surface area contributed by atoms with E-state index in [2.05, 4.69) is 12.2 Å². The van der Waals surface area contributed by atoms with Crippen LogP contribution in [0.2, 0.25) is 0 Å². The third-order valence-electron chi connectivity index (χ3n) is 4.22. The topological polar surface area (TPSA) is 75.4 Å². The van der Waals surface area contributed by atoms with E-state index in [9.17, 15) is 15.2 Å². The predicted molar refractivity (Wildman–Crippen MR) is 77.4 cm³/mol. The molecule has 1 saturated carbocycles. The van der Waals surface area contributed by atoms with Gasteiger partial charge in [-0.3, -0.25) is 10.1 Å². The highest BCUT2D eigenvalue weighted by Crippen LogP contribution is 2.26. The first-order chi connectivity index (χ1) is 9.56. The Bertz CT molecular complexity index is 439. The molecule has 0 aromatic heterocycles. The van der Waals surface area contributed by atoms with Crippen LogP contribution in [0, 0.1) is 16.0 Å². The third-order valence-corrected chi connectivity index (χ3v) is 4.22. The number of nitro benzene ring substituents is 1. The Kier molecular flexibility index (Phi) is 5.09. The van der Waals surface area contributed by atoms with Gasteiger partial charge in [-0.05, 0) is 44.1 Å². The van der Waals surface area contributed by atoms with Crippen LogP contribution < -0.4 is 5.32 Å². The van der Waals surface area contributed by atoms with E-state index < -0.39 is 0 Å². The minimum absolute atomic E-state index is 0.117. The summed E-state index contributed by atoms with van der Waals surface area (Å²) in [6, 6.07) is 7.07. The lowest BCUT2D eigenvalue weighted by Crippen LogP contribution is -2.36. The summed E-state index contributed by atoms with van der Waals surface area (Å²) in [4.78, 5) is 10.2. The van der Waals surface area contributed by atoms with E-state index in [-0.39, 0.29) is 16.7 Å². The van der Waals surface area contributed by atoms with Gasteiger partial charge in [-0.1, -0.05) is 12.1 Å². The molecular weight excluding hydrogens is 256 g/mol. The van der Waals surface area contributed by atoms with Crippen LogP contribution in [0.4, 0.5) is 5.69 Å². The van der Waals surface area contributed by atoms with Gasteiger partial charge < -0.3 is 10.4 Å². The van der Waals surface area contributed by atoms with Crippen LogP contribution in [0.5, 0.6) is 0 Å². The monoisotopic (exact) mass is 278 g/mol. The van der Waals surface area contributed by atoms with E-state index >= 15 is 0 Å². The van der Waals surface area contributed by atoms with E-state index in [1.165, 1.54) is 0 Å². The first-order valence-electron chi connectivity index (χ1n) is 7.21. The lowest BCUT2D eigenvalue weighted by molar-refractivity contribution is -0.384. The molecule has 0 bridgehead atoms. The molecule has 0 aliphatic heterocycles. The first kappa shape index (κ1) is 14.9. The lowest BCUT2D eigenvalue weighted by atomic mass is 9.83. The van der Waals surface area contributed by atoms with Crippen LogP contribution >= 0.6 is 0 Å². The molecule has 0 saturated heterocycles. The van der Waals surface area contributed by atoms with Gasteiger partial charge in [-0.2, -0.15) is 0 Å². The lowest BCUT2D eigenvalue weighted by Gasteiger charge is -2.30. The van der Waals surface area contributed by atoms with Gasteiger partial charge in [0, 0.05) is 24.7 Å². The summed E-state index contributed by atoms with van der Waals surface area (Å²) in [5.41, 5.74) is 1.18. The number of nitrogens with one attached hydrogen (secondary N) is 1. The molecule has 1 fully saturated rings. The third kappa shape index (κ3) is 4.02. The molecule has 1 aliphatic rings. The van der Waals surface area contributed by atoms with Crippen molar-refractivity contribution in [2.45, 2.75) is 51.3 Å². The Labute approximate surface area is 119 Å². The van der Waals surface area contributed by atoms with Crippen LogP contribution in [-0.2, 0) is 6.54 Å². The summed E-state index contributed by atoms with van der Waals surface area (Å²) in [5.74, 6) is 0.608. The fraction of sp³-hybridized carbons (Fsp3) is 0.600.